The number of halogens is 1. The molecule has 2 aromatic rings. The molecule has 1 aliphatic rings. The van der Waals surface area contributed by atoms with Crippen LogP contribution >= 0.6 is 33.9 Å². The fraction of sp³-hybridized carbons (Fsp3) is 0.438. The Balaban J connectivity index is 1.41. The van der Waals surface area contributed by atoms with E-state index in [1.165, 1.54) is 7.76 Å². The van der Waals surface area contributed by atoms with E-state index >= 15 is 0 Å². The maximum atomic E-state index is 12.3. The summed E-state index contributed by atoms with van der Waals surface area (Å²) in [4.78, 5) is 24.2. The van der Waals surface area contributed by atoms with Crippen molar-refractivity contribution in [2.24, 2.45) is 5.92 Å². The van der Waals surface area contributed by atoms with Crippen LogP contribution in [0.1, 0.15) is 17.7 Å². The number of amides is 1. The minimum absolute atomic E-state index is 0.117. The predicted molar refractivity (Wildman–Crippen MR) is 101 cm³/mol. The third-order valence-electron chi connectivity index (χ3n) is 4.04. The summed E-state index contributed by atoms with van der Waals surface area (Å²) in [6.45, 7) is 2.44. The van der Waals surface area contributed by atoms with Gasteiger partial charge in [-0.15, -0.1) is 11.3 Å². The maximum absolute atomic E-state index is 12.3. The van der Waals surface area contributed by atoms with Crippen molar-refractivity contribution in [3.8, 4) is 0 Å². The molecular weight excluding hydrogens is 423 g/mol. The van der Waals surface area contributed by atoms with Crippen LogP contribution in [0.4, 0.5) is 5.82 Å². The van der Waals surface area contributed by atoms with Crippen LogP contribution in [0.2, 0.25) is 0 Å². The largest absolute Gasteiger partial charge is 0.355 e. The summed E-state index contributed by atoms with van der Waals surface area (Å²) < 4.78 is 1.29. The van der Waals surface area contributed by atoms with Gasteiger partial charge in [0.05, 0.1) is 9.08 Å². The van der Waals surface area contributed by atoms with E-state index in [1.807, 2.05) is 0 Å². The van der Waals surface area contributed by atoms with Gasteiger partial charge in [0.1, 0.15) is 5.82 Å². The molecule has 0 bridgehead atoms. The summed E-state index contributed by atoms with van der Waals surface area (Å²) in [6, 6.07) is 4.25. The number of carbonyl (C=O) groups excluding carboxylic acids is 1. The first kappa shape index (κ1) is 16.6. The highest BCUT2D eigenvalue weighted by Crippen LogP contribution is 2.21. The molecule has 1 aliphatic heterocycles. The van der Waals surface area contributed by atoms with Gasteiger partial charge in [-0.05, 0) is 54.0 Å². The lowest BCUT2D eigenvalue weighted by atomic mass is 9.96. The predicted octanol–water partition coefficient (Wildman–Crippen LogP) is 2.72. The van der Waals surface area contributed by atoms with Crippen LogP contribution in [0.5, 0.6) is 0 Å². The Morgan fingerprint density at radius 3 is 2.83 bits per heavy atom. The average molecular weight is 442 g/mol. The maximum Gasteiger partial charge on any atom is 0.223 e. The van der Waals surface area contributed by atoms with Crippen molar-refractivity contribution in [2.75, 3.05) is 24.5 Å². The lowest BCUT2D eigenvalue weighted by molar-refractivity contribution is -0.125. The molecule has 5 nitrogen and oxygen atoms in total. The Bertz CT molecular complexity index is 641. The highest BCUT2D eigenvalue weighted by Gasteiger charge is 2.25. The number of aromatic nitrogens is 2. The van der Waals surface area contributed by atoms with E-state index in [4.69, 9.17) is 0 Å². The molecule has 3 heterocycles. The number of carbonyl (C=O) groups is 1. The number of nitrogens with zero attached hydrogens (tertiary/aromatic N) is 3. The van der Waals surface area contributed by atoms with Crippen molar-refractivity contribution in [1.82, 2.24) is 15.3 Å². The van der Waals surface area contributed by atoms with E-state index in [1.54, 1.807) is 29.9 Å². The monoisotopic (exact) mass is 442 g/mol. The molecule has 0 atom stereocenters. The quantitative estimate of drug-likeness (QED) is 0.724. The molecule has 0 spiro atoms. The van der Waals surface area contributed by atoms with Gasteiger partial charge in [-0.1, -0.05) is 0 Å². The molecule has 0 unspecified atom stereocenters. The van der Waals surface area contributed by atoms with Crippen LogP contribution in [0, 0.1) is 8.80 Å². The summed E-state index contributed by atoms with van der Waals surface area (Å²) in [5.74, 6) is 1.21. The first-order valence-corrected chi connectivity index (χ1v) is 9.65. The highest BCUT2D eigenvalue weighted by molar-refractivity contribution is 14.1. The van der Waals surface area contributed by atoms with Gasteiger partial charge in [-0.25, -0.2) is 4.98 Å². The van der Waals surface area contributed by atoms with Gasteiger partial charge >= 0.3 is 0 Å². The second-order valence-electron chi connectivity index (χ2n) is 5.57. The molecule has 0 aliphatic carbocycles. The molecule has 0 saturated carbocycles. The number of thiophene rings is 1. The minimum Gasteiger partial charge on any atom is -0.355 e. The van der Waals surface area contributed by atoms with Crippen molar-refractivity contribution in [2.45, 2.75) is 19.3 Å². The Kier molecular flexibility index (Phi) is 5.82. The zero-order valence-corrected chi connectivity index (χ0v) is 15.7. The first-order valence-electron chi connectivity index (χ1n) is 7.75. The standard InChI is InChI=1S/C16H19IN4OS/c17-14-2-1-13(23-14)3-6-20-16(22)12-4-9-21(10-5-12)15-11-18-7-8-19-15/h1-2,7-8,11-12H,3-6,9-10H2,(H,20,22). The highest BCUT2D eigenvalue weighted by atomic mass is 127. The summed E-state index contributed by atoms with van der Waals surface area (Å²) in [7, 11) is 0. The molecule has 1 saturated heterocycles. The van der Waals surface area contributed by atoms with Crippen molar-refractivity contribution in [3.05, 3.63) is 38.5 Å². The normalized spacial score (nSPS) is 15.6. The molecule has 23 heavy (non-hydrogen) atoms. The average Bonchev–Trinajstić information content (AvgIpc) is 3.01. The van der Waals surface area contributed by atoms with Crippen molar-refractivity contribution in [3.63, 3.8) is 0 Å². The van der Waals surface area contributed by atoms with Gasteiger partial charge in [0.15, 0.2) is 0 Å². The van der Waals surface area contributed by atoms with E-state index < -0.39 is 0 Å². The van der Waals surface area contributed by atoms with Gasteiger partial charge < -0.3 is 10.2 Å². The van der Waals surface area contributed by atoms with Gasteiger partial charge in [-0.2, -0.15) is 0 Å². The minimum atomic E-state index is 0.117. The lowest BCUT2D eigenvalue weighted by Crippen LogP contribution is -2.41. The van der Waals surface area contributed by atoms with E-state index in [2.05, 4.69) is 54.9 Å². The lowest BCUT2D eigenvalue weighted by Gasteiger charge is -2.31. The summed E-state index contributed by atoms with van der Waals surface area (Å²) in [6.07, 6.45) is 7.83. The molecule has 2 aromatic heterocycles. The van der Waals surface area contributed by atoms with Crippen LogP contribution in [0.3, 0.4) is 0 Å². The van der Waals surface area contributed by atoms with E-state index in [0.29, 0.717) is 0 Å². The van der Waals surface area contributed by atoms with Gasteiger partial charge in [-0.3, -0.25) is 9.78 Å². The first-order chi connectivity index (χ1) is 11.2. The van der Waals surface area contributed by atoms with Gasteiger partial charge in [0.2, 0.25) is 5.91 Å². The second-order valence-corrected chi connectivity index (χ2v) is 8.63. The van der Waals surface area contributed by atoms with Crippen LogP contribution in [0.25, 0.3) is 0 Å². The number of anilines is 1. The Hall–Kier alpha value is -1.22. The summed E-state index contributed by atoms with van der Waals surface area (Å²) in [5.41, 5.74) is 0. The van der Waals surface area contributed by atoms with Crippen LogP contribution < -0.4 is 10.2 Å². The van der Waals surface area contributed by atoms with Crippen molar-refractivity contribution < 1.29 is 4.79 Å². The van der Waals surface area contributed by atoms with Crippen molar-refractivity contribution >= 4 is 45.7 Å². The smallest absolute Gasteiger partial charge is 0.223 e. The third kappa shape index (κ3) is 4.63. The molecule has 1 fully saturated rings. The van der Waals surface area contributed by atoms with Crippen molar-refractivity contribution in [1.29, 1.82) is 0 Å². The Labute approximate surface area is 153 Å². The molecule has 0 aromatic carbocycles. The molecule has 1 amide bonds. The van der Waals surface area contributed by atoms with E-state index in [-0.39, 0.29) is 11.8 Å². The number of nitrogens with one attached hydrogen (secondary N) is 1. The SMILES string of the molecule is O=C(NCCc1ccc(I)s1)C1CCN(c2cnccn2)CC1. The molecular formula is C16H19IN4OS. The van der Waals surface area contributed by atoms with Gasteiger partial charge in [0, 0.05) is 42.8 Å². The molecule has 3 rings (SSSR count). The molecule has 1 N–H and O–H groups in total. The summed E-state index contributed by atoms with van der Waals surface area (Å²) >= 11 is 4.11. The topological polar surface area (TPSA) is 58.1 Å². The van der Waals surface area contributed by atoms with Gasteiger partial charge in [0.25, 0.3) is 0 Å². The number of hydrogen-bond donors (Lipinski definition) is 1. The van der Waals surface area contributed by atoms with Crippen LogP contribution in [0.15, 0.2) is 30.7 Å². The number of piperidine rings is 1. The third-order valence-corrected chi connectivity index (χ3v) is 5.99. The van der Waals surface area contributed by atoms with Crippen LogP contribution in [-0.2, 0) is 11.2 Å². The Morgan fingerprint density at radius 2 is 2.17 bits per heavy atom. The molecule has 122 valence electrons. The zero-order valence-electron chi connectivity index (χ0n) is 12.7. The summed E-state index contributed by atoms with van der Waals surface area (Å²) in [5, 5.41) is 3.08. The fourth-order valence-corrected chi connectivity index (χ4v) is 4.52. The molecule has 7 heteroatoms. The number of rotatable bonds is 5. The van der Waals surface area contributed by atoms with E-state index in [9.17, 15) is 4.79 Å². The van der Waals surface area contributed by atoms with E-state index in [0.717, 1.165) is 44.7 Å². The molecule has 0 radical (unpaired) electrons. The second kappa shape index (κ2) is 8.05. The number of hydrogen-bond acceptors (Lipinski definition) is 5. The Morgan fingerprint density at radius 1 is 1.35 bits per heavy atom. The zero-order chi connectivity index (χ0) is 16.1. The fourth-order valence-electron chi connectivity index (χ4n) is 2.76. The van der Waals surface area contributed by atoms with Crippen LogP contribution in [-0.4, -0.2) is 35.5 Å².